The summed E-state index contributed by atoms with van der Waals surface area (Å²) < 4.78 is 0. The normalized spacial score (nSPS) is 17.8. The highest BCUT2D eigenvalue weighted by Crippen LogP contribution is 2.33. The van der Waals surface area contributed by atoms with Gasteiger partial charge in [-0.05, 0) is 37.0 Å². The van der Waals surface area contributed by atoms with E-state index in [9.17, 15) is 9.59 Å². The van der Waals surface area contributed by atoms with Crippen molar-refractivity contribution in [1.82, 2.24) is 10.2 Å². The standard InChI is InChI=1S/C23H26N2O2/c1-16-10-12-17(13-11-16)21(14-22(26)24-19-7-3-4-8-19)25-15-18-6-2-5-9-20(18)23(25)27/h2,5-6,9-13,19,21H,3-4,7-8,14-15H2,1H3,(H,24,26)/t21-/m0/s1. The van der Waals surface area contributed by atoms with E-state index in [0.717, 1.165) is 29.5 Å². The topological polar surface area (TPSA) is 49.4 Å². The third kappa shape index (κ3) is 3.75. The van der Waals surface area contributed by atoms with Gasteiger partial charge in [0.1, 0.15) is 0 Å². The van der Waals surface area contributed by atoms with Crippen LogP contribution in [0.3, 0.4) is 0 Å². The highest BCUT2D eigenvalue weighted by molar-refractivity contribution is 5.98. The molecule has 2 aromatic carbocycles. The second-order valence-electron chi connectivity index (χ2n) is 7.77. The second-order valence-corrected chi connectivity index (χ2v) is 7.77. The monoisotopic (exact) mass is 362 g/mol. The summed E-state index contributed by atoms with van der Waals surface area (Å²) in [4.78, 5) is 27.6. The molecule has 1 aliphatic heterocycles. The van der Waals surface area contributed by atoms with E-state index in [1.165, 1.54) is 18.4 Å². The molecule has 27 heavy (non-hydrogen) atoms. The van der Waals surface area contributed by atoms with Crippen molar-refractivity contribution in [2.24, 2.45) is 0 Å². The van der Waals surface area contributed by atoms with Crippen LogP contribution in [0.4, 0.5) is 0 Å². The molecular formula is C23H26N2O2. The first-order valence-corrected chi connectivity index (χ1v) is 9.86. The third-order valence-electron chi connectivity index (χ3n) is 5.79. The Morgan fingerprint density at radius 1 is 1.11 bits per heavy atom. The fourth-order valence-electron chi connectivity index (χ4n) is 4.26. The van der Waals surface area contributed by atoms with E-state index in [1.807, 2.05) is 60.4 Å². The SMILES string of the molecule is Cc1ccc([C@H](CC(=O)NC2CCCC2)N2Cc3ccccc3C2=O)cc1. The lowest BCUT2D eigenvalue weighted by atomic mass is 10.00. The molecule has 0 saturated heterocycles. The lowest BCUT2D eigenvalue weighted by molar-refractivity contribution is -0.122. The number of aryl methyl sites for hydroxylation is 1. The average Bonchev–Trinajstić information content (AvgIpc) is 3.29. The van der Waals surface area contributed by atoms with Gasteiger partial charge in [-0.1, -0.05) is 60.9 Å². The van der Waals surface area contributed by atoms with Crippen LogP contribution in [0.2, 0.25) is 0 Å². The lowest BCUT2D eigenvalue weighted by Crippen LogP contribution is -2.37. The number of amides is 2. The molecule has 4 heteroatoms. The minimum Gasteiger partial charge on any atom is -0.353 e. The number of benzene rings is 2. The van der Waals surface area contributed by atoms with Crippen LogP contribution in [-0.4, -0.2) is 22.8 Å². The Bertz CT molecular complexity index is 838. The molecule has 0 aromatic heterocycles. The third-order valence-corrected chi connectivity index (χ3v) is 5.79. The fourth-order valence-corrected chi connectivity index (χ4v) is 4.26. The summed E-state index contributed by atoms with van der Waals surface area (Å²) in [6.45, 7) is 2.60. The molecule has 0 bridgehead atoms. The molecule has 1 heterocycles. The van der Waals surface area contributed by atoms with E-state index in [1.54, 1.807) is 0 Å². The number of nitrogens with zero attached hydrogens (tertiary/aromatic N) is 1. The molecular weight excluding hydrogens is 336 g/mol. The molecule has 0 unspecified atom stereocenters. The van der Waals surface area contributed by atoms with Gasteiger partial charge in [-0.3, -0.25) is 9.59 Å². The predicted octanol–water partition coefficient (Wildman–Crippen LogP) is 4.14. The largest absolute Gasteiger partial charge is 0.353 e. The van der Waals surface area contributed by atoms with Gasteiger partial charge in [-0.25, -0.2) is 0 Å². The molecule has 0 radical (unpaired) electrons. The number of nitrogens with one attached hydrogen (secondary N) is 1. The van der Waals surface area contributed by atoms with Crippen molar-refractivity contribution in [1.29, 1.82) is 0 Å². The Morgan fingerprint density at radius 3 is 2.52 bits per heavy atom. The smallest absolute Gasteiger partial charge is 0.255 e. The van der Waals surface area contributed by atoms with E-state index >= 15 is 0 Å². The number of hydrogen-bond acceptors (Lipinski definition) is 2. The van der Waals surface area contributed by atoms with Crippen molar-refractivity contribution in [3.63, 3.8) is 0 Å². The molecule has 140 valence electrons. The zero-order valence-electron chi connectivity index (χ0n) is 15.8. The van der Waals surface area contributed by atoms with Crippen LogP contribution in [0, 0.1) is 6.92 Å². The van der Waals surface area contributed by atoms with Gasteiger partial charge in [0.05, 0.1) is 12.5 Å². The number of fused-ring (bicyclic) bond motifs is 1. The van der Waals surface area contributed by atoms with Gasteiger partial charge in [-0.15, -0.1) is 0 Å². The minimum absolute atomic E-state index is 0.0184. The molecule has 2 amide bonds. The van der Waals surface area contributed by atoms with E-state index in [4.69, 9.17) is 0 Å². The number of carbonyl (C=O) groups excluding carboxylic acids is 2. The van der Waals surface area contributed by atoms with Crippen LogP contribution in [0.15, 0.2) is 48.5 Å². The second kappa shape index (κ2) is 7.55. The zero-order valence-corrected chi connectivity index (χ0v) is 15.8. The van der Waals surface area contributed by atoms with Crippen molar-refractivity contribution in [3.8, 4) is 0 Å². The summed E-state index contributed by atoms with van der Waals surface area (Å²) >= 11 is 0. The Hall–Kier alpha value is -2.62. The van der Waals surface area contributed by atoms with Gasteiger partial charge in [-0.2, -0.15) is 0 Å². The molecule has 4 rings (SSSR count). The Morgan fingerprint density at radius 2 is 1.81 bits per heavy atom. The number of carbonyl (C=O) groups is 2. The molecule has 2 aliphatic rings. The maximum Gasteiger partial charge on any atom is 0.255 e. The van der Waals surface area contributed by atoms with Crippen molar-refractivity contribution < 1.29 is 9.59 Å². The van der Waals surface area contributed by atoms with Crippen LogP contribution < -0.4 is 5.32 Å². The van der Waals surface area contributed by atoms with Crippen LogP contribution in [-0.2, 0) is 11.3 Å². The van der Waals surface area contributed by atoms with Crippen molar-refractivity contribution in [2.45, 2.75) is 57.7 Å². The van der Waals surface area contributed by atoms with Crippen molar-refractivity contribution >= 4 is 11.8 Å². The van der Waals surface area contributed by atoms with Crippen LogP contribution in [0.1, 0.15) is 65.2 Å². The molecule has 0 spiro atoms. The van der Waals surface area contributed by atoms with Gasteiger partial charge in [0, 0.05) is 18.2 Å². The Kier molecular flexibility index (Phi) is 4.97. The van der Waals surface area contributed by atoms with Gasteiger partial charge < -0.3 is 10.2 Å². The van der Waals surface area contributed by atoms with Gasteiger partial charge >= 0.3 is 0 Å². The van der Waals surface area contributed by atoms with Gasteiger partial charge in [0.2, 0.25) is 5.91 Å². The highest BCUT2D eigenvalue weighted by Gasteiger charge is 2.34. The van der Waals surface area contributed by atoms with Crippen LogP contribution in [0.25, 0.3) is 0 Å². The summed E-state index contributed by atoms with van der Waals surface area (Å²) in [5, 5.41) is 3.17. The number of hydrogen-bond donors (Lipinski definition) is 1. The zero-order chi connectivity index (χ0) is 18.8. The Labute approximate surface area is 160 Å². The molecule has 2 aromatic rings. The quantitative estimate of drug-likeness (QED) is 0.869. The Balaban J connectivity index is 1.57. The van der Waals surface area contributed by atoms with E-state index in [0.29, 0.717) is 19.0 Å². The molecule has 1 saturated carbocycles. The fraction of sp³-hybridized carbons (Fsp3) is 0.391. The average molecular weight is 362 g/mol. The molecule has 1 atom stereocenters. The molecule has 1 aliphatic carbocycles. The highest BCUT2D eigenvalue weighted by atomic mass is 16.2. The predicted molar refractivity (Wildman–Crippen MR) is 105 cm³/mol. The van der Waals surface area contributed by atoms with Gasteiger partial charge in [0.15, 0.2) is 0 Å². The summed E-state index contributed by atoms with van der Waals surface area (Å²) in [5.41, 5.74) is 3.98. The van der Waals surface area contributed by atoms with Crippen molar-refractivity contribution in [2.75, 3.05) is 0 Å². The molecule has 4 nitrogen and oxygen atoms in total. The van der Waals surface area contributed by atoms with Crippen LogP contribution >= 0.6 is 0 Å². The first-order valence-electron chi connectivity index (χ1n) is 9.86. The van der Waals surface area contributed by atoms with Gasteiger partial charge in [0.25, 0.3) is 5.91 Å². The maximum absolute atomic E-state index is 13.0. The summed E-state index contributed by atoms with van der Waals surface area (Å²) in [6.07, 6.45) is 4.81. The molecule has 1 fully saturated rings. The summed E-state index contributed by atoms with van der Waals surface area (Å²) in [7, 11) is 0. The van der Waals surface area contributed by atoms with Crippen LogP contribution in [0.5, 0.6) is 0 Å². The summed E-state index contributed by atoms with van der Waals surface area (Å²) in [5.74, 6) is 0.0565. The number of rotatable bonds is 5. The maximum atomic E-state index is 13.0. The minimum atomic E-state index is -0.244. The van der Waals surface area contributed by atoms with Crippen molar-refractivity contribution in [3.05, 3.63) is 70.8 Å². The first kappa shape index (κ1) is 17.8. The lowest BCUT2D eigenvalue weighted by Gasteiger charge is -2.28. The summed E-state index contributed by atoms with van der Waals surface area (Å²) in [6, 6.07) is 16.0. The van der Waals surface area contributed by atoms with E-state index in [2.05, 4.69) is 5.32 Å². The van der Waals surface area contributed by atoms with E-state index < -0.39 is 0 Å². The molecule has 1 N–H and O–H groups in total. The first-order chi connectivity index (χ1) is 13.1. The van der Waals surface area contributed by atoms with E-state index in [-0.39, 0.29) is 17.9 Å².